The van der Waals surface area contributed by atoms with Crippen molar-refractivity contribution in [3.8, 4) is 6.57 Å². The number of halogens is 2. The smallest absolute Gasteiger partial charge is 0.274 e. The summed E-state index contributed by atoms with van der Waals surface area (Å²) in [6.07, 6.45) is 18.0. The molecule has 0 atom stereocenters. The van der Waals surface area contributed by atoms with Gasteiger partial charge in [-0.1, -0.05) is 70.3 Å². The van der Waals surface area contributed by atoms with Crippen LogP contribution in [0.5, 0.6) is 0 Å². The highest BCUT2D eigenvalue weighted by molar-refractivity contribution is 9.11. The molecule has 1 aliphatic rings. The SMILES string of the molecule is C#[N+]C(=N/C=C1C=C(/C(CC)=C(Cl)/C=C\C=C)C(=O)N(OC)C/1)N/C=C/C=C(Br)\C=C/C. The van der Waals surface area contributed by atoms with Crippen molar-refractivity contribution in [3.05, 3.63) is 98.7 Å². The third-order valence-electron chi connectivity index (χ3n) is 4.04. The van der Waals surface area contributed by atoms with E-state index in [0.717, 1.165) is 4.48 Å². The van der Waals surface area contributed by atoms with E-state index in [4.69, 9.17) is 23.0 Å². The third kappa shape index (κ3) is 8.67. The first-order valence-corrected chi connectivity index (χ1v) is 10.9. The fraction of sp³-hybridized carbons (Fsp3) is 0.208. The molecular formula is C24H27BrClN4O2+. The van der Waals surface area contributed by atoms with E-state index in [2.05, 4.69) is 37.7 Å². The molecule has 32 heavy (non-hydrogen) atoms. The predicted molar refractivity (Wildman–Crippen MR) is 137 cm³/mol. The molecule has 0 saturated heterocycles. The minimum Gasteiger partial charge on any atom is -0.274 e. The van der Waals surface area contributed by atoms with Gasteiger partial charge in [0, 0.05) is 20.7 Å². The number of carbonyl (C=O) groups is 1. The van der Waals surface area contributed by atoms with E-state index in [-0.39, 0.29) is 18.4 Å². The Morgan fingerprint density at radius 3 is 2.81 bits per heavy atom. The maximum atomic E-state index is 12.8. The Kier molecular flexibility index (Phi) is 12.7. The van der Waals surface area contributed by atoms with Gasteiger partial charge in [0.05, 0.1) is 19.9 Å². The number of carbonyl (C=O) groups excluding carboxylic acids is 1. The Balaban J connectivity index is 3.25. The number of guanidine groups is 1. The molecular weight excluding hydrogens is 492 g/mol. The van der Waals surface area contributed by atoms with E-state index in [1.807, 2.05) is 32.1 Å². The van der Waals surface area contributed by atoms with E-state index in [0.29, 0.717) is 28.2 Å². The van der Waals surface area contributed by atoms with Crippen molar-refractivity contribution in [2.45, 2.75) is 20.3 Å². The molecule has 0 aromatic heterocycles. The molecule has 0 fully saturated rings. The number of nitrogens with zero attached hydrogens (tertiary/aromatic N) is 3. The molecule has 1 N–H and O–H groups in total. The highest BCUT2D eigenvalue weighted by atomic mass is 79.9. The van der Waals surface area contributed by atoms with Crippen molar-refractivity contribution in [1.29, 1.82) is 0 Å². The number of allylic oxidation sites excluding steroid dienone is 9. The lowest BCUT2D eigenvalue weighted by atomic mass is 9.96. The zero-order valence-electron chi connectivity index (χ0n) is 18.4. The van der Waals surface area contributed by atoms with Crippen LogP contribution in [-0.4, -0.2) is 30.6 Å². The molecule has 1 heterocycles. The van der Waals surface area contributed by atoms with E-state index in [1.54, 1.807) is 42.8 Å². The number of rotatable bonds is 9. The van der Waals surface area contributed by atoms with Gasteiger partial charge < -0.3 is 0 Å². The second-order valence-electron chi connectivity index (χ2n) is 6.20. The zero-order valence-corrected chi connectivity index (χ0v) is 20.7. The molecule has 1 amide bonds. The first-order valence-electron chi connectivity index (χ1n) is 9.76. The molecule has 1 aliphatic heterocycles. The molecule has 0 aromatic rings. The van der Waals surface area contributed by atoms with Crippen LogP contribution < -0.4 is 5.32 Å². The number of aliphatic imine (C=N–C) groups is 1. The van der Waals surface area contributed by atoms with Crippen molar-refractivity contribution in [1.82, 2.24) is 10.4 Å². The van der Waals surface area contributed by atoms with Crippen LogP contribution in [0.15, 0.2) is 98.8 Å². The number of amides is 1. The Morgan fingerprint density at radius 1 is 1.47 bits per heavy atom. The quantitative estimate of drug-likeness (QED) is 0.227. The largest absolute Gasteiger partial charge is 0.493 e. The van der Waals surface area contributed by atoms with Crippen LogP contribution in [-0.2, 0) is 9.63 Å². The van der Waals surface area contributed by atoms with Crippen LogP contribution in [0.1, 0.15) is 20.3 Å². The van der Waals surface area contributed by atoms with Crippen LogP contribution in [0.3, 0.4) is 0 Å². The van der Waals surface area contributed by atoms with Crippen LogP contribution >= 0.6 is 27.5 Å². The molecule has 6 nitrogen and oxygen atoms in total. The summed E-state index contributed by atoms with van der Waals surface area (Å²) in [4.78, 5) is 25.9. The summed E-state index contributed by atoms with van der Waals surface area (Å²) >= 11 is 9.81. The molecule has 0 aliphatic carbocycles. The van der Waals surface area contributed by atoms with E-state index >= 15 is 0 Å². The molecule has 0 bridgehead atoms. The Hall–Kier alpha value is -2.92. The van der Waals surface area contributed by atoms with Gasteiger partial charge in [-0.15, -0.1) is 0 Å². The lowest BCUT2D eigenvalue weighted by Gasteiger charge is -2.26. The zero-order chi connectivity index (χ0) is 23.9. The number of hydrogen-bond donors (Lipinski definition) is 1. The van der Waals surface area contributed by atoms with Crippen molar-refractivity contribution >= 4 is 39.4 Å². The van der Waals surface area contributed by atoms with Crippen LogP contribution in [0, 0.1) is 6.57 Å². The van der Waals surface area contributed by atoms with E-state index < -0.39 is 0 Å². The Morgan fingerprint density at radius 2 is 2.22 bits per heavy atom. The van der Waals surface area contributed by atoms with Gasteiger partial charge in [-0.05, 0) is 43.2 Å². The summed E-state index contributed by atoms with van der Waals surface area (Å²) in [6.45, 7) is 13.1. The van der Waals surface area contributed by atoms with Gasteiger partial charge in [0.25, 0.3) is 5.91 Å². The minimum absolute atomic E-state index is 0.193. The lowest BCUT2D eigenvalue weighted by molar-refractivity contribution is -0.169. The fourth-order valence-electron chi connectivity index (χ4n) is 2.58. The van der Waals surface area contributed by atoms with Crippen molar-refractivity contribution < 1.29 is 9.63 Å². The average Bonchev–Trinajstić information content (AvgIpc) is 2.79. The lowest BCUT2D eigenvalue weighted by Crippen LogP contribution is -2.36. The average molecular weight is 519 g/mol. The molecule has 8 heteroatoms. The Labute approximate surface area is 203 Å². The summed E-state index contributed by atoms with van der Waals surface area (Å²) < 4.78 is 0.911. The second-order valence-corrected chi connectivity index (χ2v) is 7.52. The fourth-order valence-corrected chi connectivity index (χ4v) is 3.30. The number of hydroxylamine groups is 2. The standard InChI is InChI=1S/C24H26BrClN4O2/c1-6-9-13-22(26)20(8-3)21-15-18(17-30(32-5)23(21)31)16-29-24(27-4)28-14-10-12-19(25)11-7-2/h4,6-7,9-16H,1,8,17H2,2-3,5H3/p+1/b11-7-,13-9-,14-10+,19-12+,22-20-. The second kappa shape index (κ2) is 15.0. The highest BCUT2D eigenvalue weighted by Crippen LogP contribution is 2.28. The van der Waals surface area contributed by atoms with Crippen molar-refractivity contribution in [2.24, 2.45) is 4.99 Å². The van der Waals surface area contributed by atoms with Gasteiger partial charge in [-0.3, -0.25) is 9.63 Å². The molecule has 0 spiro atoms. The topological polar surface area (TPSA) is 58.3 Å². The minimum atomic E-state index is -0.279. The molecule has 1 rings (SSSR count). The molecule has 0 saturated carbocycles. The number of hydrogen-bond acceptors (Lipinski definition) is 3. The van der Waals surface area contributed by atoms with Crippen LogP contribution in [0.25, 0.3) is 4.85 Å². The maximum Gasteiger partial charge on any atom is 0.493 e. The van der Waals surface area contributed by atoms with Crippen LogP contribution in [0.4, 0.5) is 0 Å². The monoisotopic (exact) mass is 517 g/mol. The summed E-state index contributed by atoms with van der Waals surface area (Å²) in [7, 11) is 1.43. The van der Waals surface area contributed by atoms with Crippen LogP contribution in [0.2, 0.25) is 0 Å². The van der Waals surface area contributed by atoms with Gasteiger partial charge in [0.1, 0.15) is 12.8 Å². The van der Waals surface area contributed by atoms with E-state index in [9.17, 15) is 4.79 Å². The maximum absolute atomic E-state index is 12.8. The molecule has 0 radical (unpaired) electrons. The Bertz CT molecular complexity index is 992. The van der Waals surface area contributed by atoms with Crippen molar-refractivity contribution in [2.75, 3.05) is 13.7 Å². The third-order valence-corrected chi connectivity index (χ3v) is 4.93. The van der Waals surface area contributed by atoms with Gasteiger partial charge in [-0.2, -0.15) is 4.85 Å². The number of nitrogens with one attached hydrogen (secondary N) is 1. The molecule has 168 valence electrons. The van der Waals surface area contributed by atoms with Crippen molar-refractivity contribution in [3.63, 3.8) is 0 Å². The molecule has 0 unspecified atom stereocenters. The van der Waals surface area contributed by atoms with E-state index in [1.165, 1.54) is 12.2 Å². The highest BCUT2D eigenvalue weighted by Gasteiger charge is 2.28. The normalized spacial score (nSPS) is 17.9. The summed E-state index contributed by atoms with van der Waals surface area (Å²) in [5.74, 6) is -0.0859. The first-order chi connectivity index (χ1) is 15.4. The first kappa shape index (κ1) is 27.1. The van der Waals surface area contributed by atoms with Gasteiger partial charge >= 0.3 is 5.96 Å². The molecule has 0 aromatic carbocycles. The summed E-state index contributed by atoms with van der Waals surface area (Å²) in [5, 5.41) is 4.58. The predicted octanol–water partition coefficient (Wildman–Crippen LogP) is 6.12. The van der Waals surface area contributed by atoms with Gasteiger partial charge in [0.2, 0.25) is 0 Å². The summed E-state index contributed by atoms with van der Waals surface area (Å²) in [6, 6.07) is 0. The summed E-state index contributed by atoms with van der Waals surface area (Å²) in [5.41, 5.74) is 1.83. The van der Waals surface area contributed by atoms with Gasteiger partial charge in [-0.25, -0.2) is 10.4 Å². The van der Waals surface area contributed by atoms with Gasteiger partial charge in [0.15, 0.2) is 0 Å².